The van der Waals surface area contributed by atoms with E-state index in [9.17, 15) is 0 Å². The predicted molar refractivity (Wildman–Crippen MR) is 51.5 cm³/mol. The molecule has 0 radical (unpaired) electrons. The molecule has 0 aliphatic heterocycles. The molecule has 0 fully saturated rings. The molecule has 0 aliphatic rings. The summed E-state index contributed by atoms with van der Waals surface area (Å²) in [5.74, 6) is 0.453. The van der Waals surface area contributed by atoms with Crippen molar-refractivity contribution in [1.82, 2.24) is 0 Å². The van der Waals surface area contributed by atoms with Crippen molar-refractivity contribution in [3.63, 3.8) is 0 Å². The summed E-state index contributed by atoms with van der Waals surface area (Å²) in [4.78, 5) is 8.14. The molecule has 0 saturated carbocycles. The Morgan fingerprint density at radius 1 is 1.36 bits per heavy atom. The molecule has 62 valence electrons. The molecule has 0 unspecified atom stereocenters. The first-order valence-corrected chi connectivity index (χ1v) is 3.83. The van der Waals surface area contributed by atoms with Gasteiger partial charge in [-0.25, -0.2) is 0 Å². The number of aliphatic imine (C=N–C) groups is 2. The van der Waals surface area contributed by atoms with Gasteiger partial charge in [0.1, 0.15) is 0 Å². The van der Waals surface area contributed by atoms with Crippen molar-refractivity contribution in [2.24, 2.45) is 15.9 Å². The van der Waals surface area contributed by atoms with E-state index in [2.05, 4.69) is 23.8 Å². The highest BCUT2D eigenvalue weighted by molar-refractivity contribution is 6.31. The van der Waals surface area contributed by atoms with Crippen LogP contribution in [0, 0.1) is 5.92 Å². The van der Waals surface area contributed by atoms with E-state index in [0.29, 0.717) is 5.92 Å². The van der Waals surface area contributed by atoms with Crippen LogP contribution in [0.5, 0.6) is 0 Å². The third-order valence-corrected chi connectivity index (χ3v) is 1.29. The van der Waals surface area contributed by atoms with Gasteiger partial charge in [-0.15, -0.1) is 0 Å². The summed E-state index contributed by atoms with van der Waals surface area (Å²) in [7, 11) is 1.79. The number of allylic oxidation sites excluding steroid dienone is 1. The molecule has 0 aromatic carbocycles. The van der Waals surface area contributed by atoms with Gasteiger partial charge in [0.15, 0.2) is 0 Å². The van der Waals surface area contributed by atoms with Crippen LogP contribution in [0.15, 0.2) is 22.3 Å². The van der Waals surface area contributed by atoms with Crippen LogP contribution >= 0.6 is 0 Å². The van der Waals surface area contributed by atoms with E-state index in [-0.39, 0.29) is 0 Å². The molecule has 0 atom stereocenters. The third-order valence-electron chi connectivity index (χ3n) is 1.29. The Bertz CT molecular complexity index is 176. The zero-order chi connectivity index (χ0) is 8.69. The highest BCUT2D eigenvalue weighted by Crippen LogP contribution is 1.94. The van der Waals surface area contributed by atoms with Crippen LogP contribution in [0.25, 0.3) is 0 Å². The van der Waals surface area contributed by atoms with Crippen molar-refractivity contribution in [2.75, 3.05) is 7.05 Å². The monoisotopic (exact) mass is 152 g/mol. The molecule has 0 amide bonds. The summed E-state index contributed by atoms with van der Waals surface area (Å²) in [5, 5.41) is 0. The number of rotatable bonds is 3. The molecule has 0 aromatic heterocycles. The largest absolute Gasteiger partial charge is 0.291 e. The summed E-state index contributed by atoms with van der Waals surface area (Å²) < 4.78 is 0. The van der Waals surface area contributed by atoms with Crippen LogP contribution in [0.4, 0.5) is 0 Å². The molecule has 11 heavy (non-hydrogen) atoms. The van der Waals surface area contributed by atoms with Crippen molar-refractivity contribution < 1.29 is 0 Å². The number of nitrogens with zero attached hydrogens (tertiary/aromatic N) is 2. The van der Waals surface area contributed by atoms with E-state index in [4.69, 9.17) is 0 Å². The Labute approximate surface area is 68.8 Å². The molecule has 0 aliphatic carbocycles. The Kier molecular flexibility index (Phi) is 5.35. The fraction of sp³-hybridized carbons (Fsp3) is 0.556. The second-order valence-electron chi connectivity index (χ2n) is 2.56. The fourth-order valence-corrected chi connectivity index (χ4v) is 0.670. The molecule has 0 saturated heterocycles. The standard InChI is InChI=1S/C9H16N2/c1-5-6-11-7-9(10-4)8(2)3/h5-8H,1-4H3/b6-5+,10-9?,11-7?. The van der Waals surface area contributed by atoms with Gasteiger partial charge in [0, 0.05) is 19.5 Å². The minimum Gasteiger partial charge on any atom is -0.291 e. The summed E-state index contributed by atoms with van der Waals surface area (Å²) >= 11 is 0. The number of hydrogen-bond acceptors (Lipinski definition) is 2. The third kappa shape index (κ3) is 4.48. The van der Waals surface area contributed by atoms with E-state index >= 15 is 0 Å². The molecule has 2 heteroatoms. The molecule has 2 nitrogen and oxygen atoms in total. The first-order valence-electron chi connectivity index (χ1n) is 3.83. The van der Waals surface area contributed by atoms with E-state index in [1.165, 1.54) is 0 Å². The van der Waals surface area contributed by atoms with Crippen LogP contribution in [0.3, 0.4) is 0 Å². The van der Waals surface area contributed by atoms with Gasteiger partial charge in [-0.2, -0.15) is 0 Å². The lowest BCUT2D eigenvalue weighted by Crippen LogP contribution is -2.08. The second-order valence-corrected chi connectivity index (χ2v) is 2.56. The van der Waals surface area contributed by atoms with Gasteiger partial charge in [0.2, 0.25) is 0 Å². The normalized spacial score (nSPS) is 14.1. The highest BCUT2D eigenvalue weighted by Gasteiger charge is 1.98. The average Bonchev–Trinajstić information content (AvgIpc) is 1.97. The van der Waals surface area contributed by atoms with Gasteiger partial charge >= 0.3 is 0 Å². The first-order chi connectivity index (χ1) is 5.22. The van der Waals surface area contributed by atoms with Gasteiger partial charge in [-0.05, 0) is 12.8 Å². The Balaban J connectivity index is 4.10. The quantitative estimate of drug-likeness (QED) is 0.554. The summed E-state index contributed by atoms with van der Waals surface area (Å²) in [6.45, 7) is 6.14. The topological polar surface area (TPSA) is 24.7 Å². The van der Waals surface area contributed by atoms with Crippen LogP contribution in [0.2, 0.25) is 0 Å². The molecular weight excluding hydrogens is 136 g/mol. The minimum absolute atomic E-state index is 0.453. The van der Waals surface area contributed by atoms with Crippen LogP contribution in [-0.2, 0) is 0 Å². The van der Waals surface area contributed by atoms with Gasteiger partial charge < -0.3 is 0 Å². The molecule has 0 N–H and O–H groups in total. The van der Waals surface area contributed by atoms with Crippen molar-refractivity contribution in [3.05, 3.63) is 12.3 Å². The van der Waals surface area contributed by atoms with Crippen molar-refractivity contribution in [3.8, 4) is 0 Å². The van der Waals surface area contributed by atoms with Crippen LogP contribution < -0.4 is 0 Å². The Hall–Kier alpha value is -0.920. The minimum atomic E-state index is 0.453. The maximum Gasteiger partial charge on any atom is 0.0552 e. The molecule has 0 spiro atoms. The van der Waals surface area contributed by atoms with E-state index in [0.717, 1.165) is 5.71 Å². The lowest BCUT2D eigenvalue weighted by atomic mass is 10.1. The Morgan fingerprint density at radius 2 is 2.00 bits per heavy atom. The van der Waals surface area contributed by atoms with E-state index < -0.39 is 0 Å². The predicted octanol–water partition coefficient (Wildman–Crippen LogP) is 2.32. The lowest BCUT2D eigenvalue weighted by Gasteiger charge is -2.00. The molecule has 0 aromatic rings. The van der Waals surface area contributed by atoms with Crippen molar-refractivity contribution in [1.29, 1.82) is 0 Å². The van der Waals surface area contributed by atoms with Crippen molar-refractivity contribution in [2.45, 2.75) is 20.8 Å². The van der Waals surface area contributed by atoms with Gasteiger partial charge in [0.25, 0.3) is 0 Å². The first kappa shape index (κ1) is 10.1. The zero-order valence-corrected chi connectivity index (χ0v) is 7.70. The fourth-order valence-electron chi connectivity index (χ4n) is 0.670. The SMILES string of the molecule is C/C=C/N=CC(=NC)C(C)C. The zero-order valence-electron chi connectivity index (χ0n) is 7.70. The van der Waals surface area contributed by atoms with Gasteiger partial charge in [-0.1, -0.05) is 19.9 Å². The molecule has 0 bridgehead atoms. The summed E-state index contributed by atoms with van der Waals surface area (Å²) in [6.07, 6.45) is 5.45. The molecular formula is C9H16N2. The lowest BCUT2D eigenvalue weighted by molar-refractivity contribution is 0.893. The Morgan fingerprint density at radius 3 is 2.36 bits per heavy atom. The van der Waals surface area contributed by atoms with Crippen LogP contribution in [0.1, 0.15) is 20.8 Å². The summed E-state index contributed by atoms with van der Waals surface area (Å²) in [5.41, 5.74) is 1.03. The maximum absolute atomic E-state index is 4.09. The van der Waals surface area contributed by atoms with Gasteiger partial charge in [0.05, 0.1) is 5.71 Å². The number of hydrogen-bond donors (Lipinski definition) is 0. The second kappa shape index (κ2) is 5.83. The molecule has 0 heterocycles. The maximum atomic E-state index is 4.09. The van der Waals surface area contributed by atoms with Crippen molar-refractivity contribution >= 4 is 11.9 Å². The summed E-state index contributed by atoms with van der Waals surface area (Å²) in [6, 6.07) is 0. The van der Waals surface area contributed by atoms with E-state index in [1.807, 2.05) is 13.0 Å². The van der Waals surface area contributed by atoms with Crippen LogP contribution in [-0.4, -0.2) is 19.0 Å². The highest BCUT2D eigenvalue weighted by atomic mass is 14.7. The smallest absolute Gasteiger partial charge is 0.0552 e. The van der Waals surface area contributed by atoms with E-state index in [1.54, 1.807) is 19.5 Å². The molecule has 0 rings (SSSR count). The van der Waals surface area contributed by atoms with Gasteiger partial charge in [-0.3, -0.25) is 9.98 Å². The average molecular weight is 152 g/mol.